The Morgan fingerprint density at radius 1 is 1.67 bits per heavy atom. The number of nitrogens with zero attached hydrogens (tertiary/aromatic N) is 1. The predicted octanol–water partition coefficient (Wildman–Crippen LogP) is 0.921. The lowest BCUT2D eigenvalue weighted by Crippen LogP contribution is -2.42. The summed E-state index contributed by atoms with van der Waals surface area (Å²) in [6, 6.07) is 3.13. The van der Waals surface area contributed by atoms with E-state index < -0.39 is 6.04 Å². The van der Waals surface area contributed by atoms with Crippen molar-refractivity contribution in [2.75, 3.05) is 0 Å². The Morgan fingerprint density at radius 2 is 2.33 bits per heavy atom. The molecule has 1 amide bonds. The van der Waals surface area contributed by atoms with Gasteiger partial charge in [-0.15, -0.1) is 11.3 Å². The molecule has 5 nitrogen and oxygen atoms in total. The number of amidine groups is 1. The molecule has 0 aliphatic rings. The predicted molar refractivity (Wildman–Crippen MR) is 59.4 cm³/mol. The average Bonchev–Trinajstić information content (AvgIpc) is 2.63. The Hall–Kier alpha value is -1.56. The Bertz CT molecular complexity index is 386. The number of aryl methyl sites for hydroxylation is 1. The maximum Gasteiger partial charge on any atom is 0.261 e. The van der Waals surface area contributed by atoms with E-state index in [4.69, 9.17) is 10.9 Å². The van der Waals surface area contributed by atoms with Crippen molar-refractivity contribution < 1.29 is 10.0 Å². The number of nitrogens with one attached hydrogen (secondary N) is 1. The largest absolute Gasteiger partial charge is 0.409 e. The van der Waals surface area contributed by atoms with E-state index in [9.17, 15) is 4.79 Å². The fourth-order valence-electron chi connectivity index (χ4n) is 0.985. The second kappa shape index (κ2) is 4.79. The zero-order chi connectivity index (χ0) is 11.4. The summed E-state index contributed by atoms with van der Waals surface area (Å²) in [5.74, 6) is -0.233. The number of carbonyl (C=O) groups excluding carboxylic acids is 1. The number of oxime groups is 1. The number of hydrogen-bond donors (Lipinski definition) is 3. The number of thiophene rings is 1. The number of rotatable bonds is 3. The third-order valence-corrected chi connectivity index (χ3v) is 2.87. The Balaban J connectivity index is 2.64. The molecule has 0 saturated heterocycles. The van der Waals surface area contributed by atoms with Crippen molar-refractivity contribution in [1.29, 1.82) is 0 Å². The highest BCUT2D eigenvalue weighted by Gasteiger charge is 2.13. The van der Waals surface area contributed by atoms with Crippen LogP contribution in [0.3, 0.4) is 0 Å². The molecule has 15 heavy (non-hydrogen) atoms. The van der Waals surface area contributed by atoms with Crippen LogP contribution in [-0.2, 0) is 0 Å². The van der Waals surface area contributed by atoms with Crippen LogP contribution in [0.1, 0.15) is 21.5 Å². The molecule has 1 aromatic heterocycles. The second-order valence-corrected chi connectivity index (χ2v) is 4.42. The van der Waals surface area contributed by atoms with Gasteiger partial charge in [0.25, 0.3) is 5.91 Å². The van der Waals surface area contributed by atoms with Crippen LogP contribution in [0.25, 0.3) is 0 Å². The summed E-state index contributed by atoms with van der Waals surface area (Å²) in [7, 11) is 0. The van der Waals surface area contributed by atoms with Gasteiger partial charge in [0.05, 0.1) is 10.9 Å². The Morgan fingerprint density at radius 3 is 2.80 bits per heavy atom. The summed E-state index contributed by atoms with van der Waals surface area (Å²) in [6.45, 7) is 3.57. The number of nitrogens with two attached hydrogens (primary N) is 1. The molecule has 0 aliphatic carbocycles. The van der Waals surface area contributed by atoms with E-state index >= 15 is 0 Å². The van der Waals surface area contributed by atoms with Gasteiger partial charge in [0.1, 0.15) is 0 Å². The van der Waals surface area contributed by atoms with Crippen LogP contribution in [-0.4, -0.2) is 23.0 Å². The van der Waals surface area contributed by atoms with E-state index in [1.807, 2.05) is 13.0 Å². The molecule has 0 aliphatic heterocycles. The van der Waals surface area contributed by atoms with Gasteiger partial charge in [-0.05, 0) is 26.0 Å². The first-order valence-corrected chi connectivity index (χ1v) is 5.21. The maximum absolute atomic E-state index is 11.6. The van der Waals surface area contributed by atoms with Gasteiger partial charge in [-0.2, -0.15) is 0 Å². The van der Waals surface area contributed by atoms with Crippen LogP contribution in [0.2, 0.25) is 0 Å². The van der Waals surface area contributed by atoms with Crippen LogP contribution in [0, 0.1) is 6.92 Å². The third-order valence-electron chi connectivity index (χ3n) is 1.87. The Labute approximate surface area is 91.6 Å². The molecule has 4 N–H and O–H groups in total. The van der Waals surface area contributed by atoms with Crippen LogP contribution >= 0.6 is 11.3 Å². The first-order chi connectivity index (χ1) is 7.04. The monoisotopic (exact) mass is 227 g/mol. The minimum atomic E-state index is -0.482. The molecule has 6 heteroatoms. The van der Waals surface area contributed by atoms with E-state index in [-0.39, 0.29) is 11.7 Å². The van der Waals surface area contributed by atoms with Gasteiger partial charge >= 0.3 is 0 Å². The zero-order valence-corrected chi connectivity index (χ0v) is 9.34. The molecule has 0 fully saturated rings. The molecule has 1 heterocycles. The average molecular weight is 227 g/mol. The van der Waals surface area contributed by atoms with Gasteiger partial charge in [0, 0.05) is 4.88 Å². The first kappa shape index (κ1) is 11.5. The van der Waals surface area contributed by atoms with Crippen molar-refractivity contribution in [3.8, 4) is 0 Å². The van der Waals surface area contributed by atoms with Gasteiger partial charge in [-0.1, -0.05) is 5.16 Å². The van der Waals surface area contributed by atoms with E-state index in [0.29, 0.717) is 4.88 Å². The third kappa shape index (κ3) is 2.95. The molecule has 0 radical (unpaired) electrons. The molecule has 1 aromatic rings. The van der Waals surface area contributed by atoms with Crippen molar-refractivity contribution in [3.05, 3.63) is 21.9 Å². The first-order valence-electron chi connectivity index (χ1n) is 4.39. The van der Waals surface area contributed by atoms with Crippen molar-refractivity contribution >= 4 is 23.1 Å². The van der Waals surface area contributed by atoms with Crippen molar-refractivity contribution in [1.82, 2.24) is 5.32 Å². The molecule has 1 atom stereocenters. The standard InChI is InChI=1S/C9H13N3O2S/c1-5-3-4-7(15-5)9(13)11-6(2)8(10)12-14/h3-4,6,14H,1-2H3,(H2,10,12)(H,11,13). The molecule has 1 rings (SSSR count). The fraction of sp³-hybridized carbons (Fsp3) is 0.333. The van der Waals surface area contributed by atoms with E-state index in [1.165, 1.54) is 11.3 Å². The van der Waals surface area contributed by atoms with Gasteiger partial charge in [-0.3, -0.25) is 4.79 Å². The summed E-state index contributed by atoms with van der Waals surface area (Å²) in [5, 5.41) is 13.8. The summed E-state index contributed by atoms with van der Waals surface area (Å²) >= 11 is 1.40. The van der Waals surface area contributed by atoms with Crippen molar-refractivity contribution in [2.24, 2.45) is 10.9 Å². The highest BCUT2D eigenvalue weighted by molar-refractivity contribution is 7.13. The maximum atomic E-state index is 11.6. The van der Waals surface area contributed by atoms with Crippen LogP contribution in [0.15, 0.2) is 17.3 Å². The second-order valence-electron chi connectivity index (χ2n) is 3.13. The summed E-state index contributed by atoms with van der Waals surface area (Å²) < 4.78 is 0. The zero-order valence-electron chi connectivity index (χ0n) is 8.52. The lowest BCUT2D eigenvalue weighted by molar-refractivity contribution is 0.0952. The normalized spacial score (nSPS) is 13.6. The van der Waals surface area contributed by atoms with Crippen LogP contribution < -0.4 is 11.1 Å². The molecule has 82 valence electrons. The van der Waals surface area contributed by atoms with E-state index in [1.54, 1.807) is 13.0 Å². The minimum Gasteiger partial charge on any atom is -0.409 e. The Kier molecular flexibility index (Phi) is 3.68. The van der Waals surface area contributed by atoms with Crippen LogP contribution in [0.5, 0.6) is 0 Å². The molecule has 1 unspecified atom stereocenters. The van der Waals surface area contributed by atoms with Crippen LogP contribution in [0.4, 0.5) is 0 Å². The highest BCUT2D eigenvalue weighted by Crippen LogP contribution is 2.14. The summed E-state index contributed by atoms with van der Waals surface area (Å²) in [6.07, 6.45) is 0. The number of amides is 1. The quantitative estimate of drug-likeness (QED) is 0.310. The van der Waals surface area contributed by atoms with Crippen molar-refractivity contribution in [2.45, 2.75) is 19.9 Å². The molecule has 0 bridgehead atoms. The lowest BCUT2D eigenvalue weighted by atomic mass is 10.3. The topological polar surface area (TPSA) is 87.7 Å². The van der Waals surface area contributed by atoms with Gasteiger partial charge in [-0.25, -0.2) is 0 Å². The highest BCUT2D eigenvalue weighted by atomic mass is 32.1. The molecule has 0 spiro atoms. The molecule has 0 aromatic carbocycles. The van der Waals surface area contributed by atoms with Gasteiger partial charge < -0.3 is 16.3 Å². The lowest BCUT2D eigenvalue weighted by Gasteiger charge is -2.10. The molecular formula is C9H13N3O2S. The SMILES string of the molecule is Cc1ccc(C(=O)NC(C)/C(N)=N/O)s1. The summed E-state index contributed by atoms with van der Waals surface area (Å²) in [4.78, 5) is 13.3. The van der Waals surface area contributed by atoms with E-state index in [0.717, 1.165) is 4.88 Å². The molecular weight excluding hydrogens is 214 g/mol. The van der Waals surface area contributed by atoms with Gasteiger partial charge in [0.15, 0.2) is 5.84 Å². The number of hydrogen-bond acceptors (Lipinski definition) is 4. The van der Waals surface area contributed by atoms with E-state index in [2.05, 4.69) is 10.5 Å². The number of carbonyl (C=O) groups is 1. The van der Waals surface area contributed by atoms with Gasteiger partial charge in [0.2, 0.25) is 0 Å². The van der Waals surface area contributed by atoms with Crippen molar-refractivity contribution in [3.63, 3.8) is 0 Å². The fourth-order valence-corrected chi connectivity index (χ4v) is 1.76. The minimum absolute atomic E-state index is 0.0170. The molecule has 0 saturated carbocycles. The summed E-state index contributed by atoms with van der Waals surface area (Å²) in [5.41, 5.74) is 5.34. The smallest absolute Gasteiger partial charge is 0.261 e.